The topological polar surface area (TPSA) is 38.0 Å². The molecule has 1 aliphatic rings. The third kappa shape index (κ3) is 1.50. The average molecular weight is 235 g/mol. The van der Waals surface area contributed by atoms with Gasteiger partial charge < -0.3 is 11.1 Å². The molecule has 0 atom stereocenters. The number of hydrogen-bond donors (Lipinski definition) is 2. The molecule has 3 N–H and O–H groups in total. The first kappa shape index (κ1) is 10.2. The standard InChI is InChI=1S/C9H9Cl2FN2/c10-6-1-5(2-7(12)8(6)11)9(13)3-14-4-9/h1-2,14H,3-4,13H2. The predicted molar refractivity (Wildman–Crippen MR) is 55.2 cm³/mol. The van der Waals surface area contributed by atoms with Crippen molar-refractivity contribution in [1.82, 2.24) is 5.32 Å². The van der Waals surface area contributed by atoms with Crippen LogP contribution in [0.5, 0.6) is 0 Å². The summed E-state index contributed by atoms with van der Waals surface area (Å²) in [5, 5.41) is 3.19. The zero-order valence-corrected chi connectivity index (χ0v) is 8.79. The molecular weight excluding hydrogens is 226 g/mol. The van der Waals surface area contributed by atoms with E-state index >= 15 is 0 Å². The number of hydrogen-bond acceptors (Lipinski definition) is 2. The lowest BCUT2D eigenvalue weighted by atomic mass is 9.85. The smallest absolute Gasteiger partial charge is 0.143 e. The van der Waals surface area contributed by atoms with Crippen LogP contribution in [0, 0.1) is 5.82 Å². The molecule has 2 nitrogen and oxygen atoms in total. The molecule has 1 heterocycles. The van der Waals surface area contributed by atoms with E-state index in [9.17, 15) is 4.39 Å². The Kier molecular flexibility index (Phi) is 2.43. The molecule has 0 radical (unpaired) electrons. The van der Waals surface area contributed by atoms with Gasteiger partial charge >= 0.3 is 0 Å². The van der Waals surface area contributed by atoms with Crippen LogP contribution in [0.4, 0.5) is 4.39 Å². The summed E-state index contributed by atoms with van der Waals surface area (Å²) in [7, 11) is 0. The van der Waals surface area contributed by atoms with Gasteiger partial charge in [-0.15, -0.1) is 0 Å². The normalized spacial score (nSPS) is 19.1. The predicted octanol–water partition coefficient (Wildman–Crippen LogP) is 1.89. The highest BCUT2D eigenvalue weighted by Gasteiger charge is 2.35. The van der Waals surface area contributed by atoms with Gasteiger partial charge in [-0.1, -0.05) is 23.2 Å². The second kappa shape index (κ2) is 3.35. The molecule has 0 saturated carbocycles. The van der Waals surface area contributed by atoms with Gasteiger partial charge in [0.05, 0.1) is 15.6 Å². The molecule has 5 heteroatoms. The summed E-state index contributed by atoms with van der Waals surface area (Å²) in [5.74, 6) is -0.522. The van der Waals surface area contributed by atoms with Gasteiger partial charge in [-0.05, 0) is 17.7 Å². The molecule has 0 spiro atoms. The van der Waals surface area contributed by atoms with Crippen molar-refractivity contribution in [3.63, 3.8) is 0 Å². The van der Waals surface area contributed by atoms with Gasteiger partial charge in [-0.3, -0.25) is 0 Å². The summed E-state index contributed by atoms with van der Waals surface area (Å²) in [6, 6.07) is 2.96. The van der Waals surface area contributed by atoms with Gasteiger partial charge in [-0.25, -0.2) is 4.39 Å². The molecule has 1 aromatic carbocycles. The monoisotopic (exact) mass is 234 g/mol. The first-order chi connectivity index (χ1) is 6.53. The van der Waals surface area contributed by atoms with Crippen LogP contribution < -0.4 is 11.1 Å². The maximum Gasteiger partial charge on any atom is 0.143 e. The largest absolute Gasteiger partial charge is 0.319 e. The van der Waals surface area contributed by atoms with E-state index < -0.39 is 11.4 Å². The maximum atomic E-state index is 13.2. The molecule has 1 saturated heterocycles. The van der Waals surface area contributed by atoms with Gasteiger partial charge in [-0.2, -0.15) is 0 Å². The molecule has 76 valence electrons. The van der Waals surface area contributed by atoms with E-state index in [-0.39, 0.29) is 10.0 Å². The summed E-state index contributed by atoms with van der Waals surface area (Å²) in [5.41, 5.74) is 6.16. The highest BCUT2D eigenvalue weighted by molar-refractivity contribution is 6.42. The molecule has 1 fully saturated rings. The summed E-state index contributed by atoms with van der Waals surface area (Å²) in [6.07, 6.45) is 0. The Hall–Kier alpha value is -0.350. The number of rotatable bonds is 1. The third-order valence-corrected chi connectivity index (χ3v) is 3.22. The number of nitrogens with two attached hydrogens (primary N) is 1. The molecule has 0 unspecified atom stereocenters. The molecule has 1 aliphatic heterocycles. The number of halogens is 3. The van der Waals surface area contributed by atoms with Crippen LogP contribution in [0.15, 0.2) is 12.1 Å². The summed E-state index contributed by atoms with van der Waals surface area (Å²) in [4.78, 5) is 0. The number of benzene rings is 1. The van der Waals surface area contributed by atoms with Crippen molar-refractivity contribution in [2.45, 2.75) is 5.54 Å². The fourth-order valence-electron chi connectivity index (χ4n) is 1.44. The highest BCUT2D eigenvalue weighted by Crippen LogP contribution is 2.31. The molecule has 0 bridgehead atoms. The lowest BCUT2D eigenvalue weighted by Crippen LogP contribution is -2.62. The minimum absolute atomic E-state index is 0.0497. The van der Waals surface area contributed by atoms with Crippen LogP contribution in [0.2, 0.25) is 10.0 Å². The van der Waals surface area contributed by atoms with Crippen LogP contribution in [0.1, 0.15) is 5.56 Å². The van der Waals surface area contributed by atoms with Gasteiger partial charge in [0.2, 0.25) is 0 Å². The van der Waals surface area contributed by atoms with E-state index in [2.05, 4.69) is 5.32 Å². The van der Waals surface area contributed by atoms with Crippen LogP contribution in [0.3, 0.4) is 0 Å². The molecule has 1 aromatic rings. The average Bonchev–Trinajstić information content (AvgIpc) is 2.09. The van der Waals surface area contributed by atoms with E-state index in [4.69, 9.17) is 28.9 Å². The van der Waals surface area contributed by atoms with E-state index in [1.807, 2.05) is 0 Å². The molecule has 14 heavy (non-hydrogen) atoms. The fourth-order valence-corrected chi connectivity index (χ4v) is 1.76. The summed E-state index contributed by atoms with van der Waals surface area (Å²) in [6.45, 7) is 1.26. The Bertz CT molecular complexity index is 354. The quantitative estimate of drug-likeness (QED) is 0.729. The van der Waals surface area contributed by atoms with E-state index in [0.29, 0.717) is 18.7 Å². The maximum absolute atomic E-state index is 13.2. The van der Waals surface area contributed by atoms with Crippen LogP contribution in [-0.4, -0.2) is 13.1 Å². The fraction of sp³-hybridized carbons (Fsp3) is 0.333. The van der Waals surface area contributed by atoms with Crippen molar-refractivity contribution >= 4 is 23.2 Å². The van der Waals surface area contributed by atoms with Gasteiger partial charge in [0.1, 0.15) is 5.82 Å². The Morgan fingerprint density at radius 2 is 2.00 bits per heavy atom. The third-order valence-electron chi connectivity index (χ3n) is 2.44. The Labute approximate surface area is 91.2 Å². The molecular formula is C9H9Cl2FN2. The Balaban J connectivity index is 2.45. The second-order valence-electron chi connectivity index (χ2n) is 3.51. The SMILES string of the molecule is NC1(c2cc(F)c(Cl)c(Cl)c2)CNC1. The van der Waals surface area contributed by atoms with Crippen molar-refractivity contribution in [3.8, 4) is 0 Å². The second-order valence-corrected chi connectivity index (χ2v) is 4.30. The lowest BCUT2D eigenvalue weighted by Gasteiger charge is -2.39. The first-order valence-electron chi connectivity index (χ1n) is 4.17. The molecule has 0 amide bonds. The highest BCUT2D eigenvalue weighted by atomic mass is 35.5. The summed E-state index contributed by atoms with van der Waals surface area (Å²) < 4.78 is 13.2. The van der Waals surface area contributed by atoms with Crippen molar-refractivity contribution < 1.29 is 4.39 Å². The van der Waals surface area contributed by atoms with Gasteiger partial charge in [0, 0.05) is 13.1 Å². The Morgan fingerprint density at radius 3 is 2.43 bits per heavy atom. The molecule has 0 aliphatic carbocycles. The minimum atomic E-state index is -0.522. The van der Waals surface area contributed by atoms with Crippen LogP contribution in [0.25, 0.3) is 0 Å². The van der Waals surface area contributed by atoms with E-state index in [1.165, 1.54) is 6.07 Å². The van der Waals surface area contributed by atoms with E-state index in [1.54, 1.807) is 6.07 Å². The first-order valence-corrected chi connectivity index (χ1v) is 4.93. The summed E-state index contributed by atoms with van der Waals surface area (Å²) >= 11 is 11.4. The zero-order valence-electron chi connectivity index (χ0n) is 7.28. The number of nitrogens with one attached hydrogen (secondary N) is 1. The van der Waals surface area contributed by atoms with Crippen molar-refractivity contribution in [3.05, 3.63) is 33.6 Å². The minimum Gasteiger partial charge on any atom is -0.319 e. The van der Waals surface area contributed by atoms with Crippen LogP contribution in [-0.2, 0) is 5.54 Å². The van der Waals surface area contributed by atoms with Crippen molar-refractivity contribution in [2.24, 2.45) is 5.73 Å². The van der Waals surface area contributed by atoms with Crippen molar-refractivity contribution in [1.29, 1.82) is 0 Å². The van der Waals surface area contributed by atoms with E-state index in [0.717, 1.165) is 0 Å². The molecule has 0 aromatic heterocycles. The molecule has 2 rings (SSSR count). The van der Waals surface area contributed by atoms with Gasteiger partial charge in [0.25, 0.3) is 0 Å². The van der Waals surface area contributed by atoms with Crippen LogP contribution >= 0.6 is 23.2 Å². The lowest BCUT2D eigenvalue weighted by molar-refractivity contribution is 0.286. The van der Waals surface area contributed by atoms with Crippen molar-refractivity contribution in [2.75, 3.05) is 13.1 Å². The zero-order chi connectivity index (χ0) is 10.3. The Morgan fingerprint density at radius 1 is 1.36 bits per heavy atom. The van der Waals surface area contributed by atoms with Gasteiger partial charge in [0.15, 0.2) is 0 Å².